The highest BCUT2D eigenvalue weighted by atomic mass is 35.5. The molecular weight excluding hydrogens is 289 g/mol. The number of nitro benzene ring substituents is 1. The van der Waals surface area contributed by atoms with Gasteiger partial charge in [-0.2, -0.15) is 0 Å². The fourth-order valence-corrected chi connectivity index (χ4v) is 1.75. The van der Waals surface area contributed by atoms with E-state index in [9.17, 15) is 14.5 Å². The predicted octanol–water partition coefficient (Wildman–Crippen LogP) is 3.67. The SMILES string of the molecule is O=[N+]([O-])c1ccc(Cl)c(Oc2cccc(F)c2CO)c1. The van der Waals surface area contributed by atoms with E-state index in [-0.39, 0.29) is 27.8 Å². The minimum Gasteiger partial charge on any atom is -0.455 e. The molecule has 0 amide bonds. The molecule has 1 N–H and O–H groups in total. The molecular formula is C13H9ClFNO4. The zero-order valence-electron chi connectivity index (χ0n) is 10.0. The van der Waals surface area contributed by atoms with Gasteiger partial charge in [-0.05, 0) is 18.2 Å². The summed E-state index contributed by atoms with van der Waals surface area (Å²) in [5.74, 6) is -0.567. The molecule has 0 aliphatic rings. The molecule has 0 aliphatic carbocycles. The zero-order chi connectivity index (χ0) is 14.7. The fourth-order valence-electron chi connectivity index (χ4n) is 1.59. The Kier molecular flexibility index (Phi) is 4.16. The molecule has 104 valence electrons. The Labute approximate surface area is 118 Å². The minimum absolute atomic E-state index is 0.0150. The Balaban J connectivity index is 2.42. The van der Waals surface area contributed by atoms with Gasteiger partial charge in [0.25, 0.3) is 5.69 Å². The Morgan fingerprint density at radius 1 is 1.30 bits per heavy atom. The van der Waals surface area contributed by atoms with E-state index in [1.165, 1.54) is 30.3 Å². The lowest BCUT2D eigenvalue weighted by Gasteiger charge is -2.11. The minimum atomic E-state index is -0.633. The van der Waals surface area contributed by atoms with Crippen molar-refractivity contribution in [2.75, 3.05) is 0 Å². The van der Waals surface area contributed by atoms with Crippen LogP contribution in [-0.4, -0.2) is 10.0 Å². The molecule has 0 spiro atoms. The molecule has 0 radical (unpaired) electrons. The van der Waals surface area contributed by atoms with E-state index >= 15 is 0 Å². The van der Waals surface area contributed by atoms with Gasteiger partial charge in [0.05, 0.1) is 28.2 Å². The van der Waals surface area contributed by atoms with Gasteiger partial charge in [0.15, 0.2) is 5.75 Å². The van der Waals surface area contributed by atoms with E-state index in [0.29, 0.717) is 0 Å². The first-order valence-electron chi connectivity index (χ1n) is 5.53. The molecule has 7 heteroatoms. The number of nitrogens with zero attached hydrogens (tertiary/aromatic N) is 1. The Morgan fingerprint density at radius 3 is 2.70 bits per heavy atom. The van der Waals surface area contributed by atoms with Crippen molar-refractivity contribution in [3.8, 4) is 11.5 Å². The van der Waals surface area contributed by atoms with Crippen molar-refractivity contribution < 1.29 is 19.2 Å². The monoisotopic (exact) mass is 297 g/mol. The highest BCUT2D eigenvalue weighted by Crippen LogP contribution is 2.34. The first kappa shape index (κ1) is 14.2. The maximum Gasteiger partial charge on any atom is 0.273 e. The number of hydrogen-bond donors (Lipinski definition) is 1. The molecule has 2 aromatic rings. The first-order chi connectivity index (χ1) is 9.52. The van der Waals surface area contributed by atoms with Gasteiger partial charge in [0, 0.05) is 6.07 Å². The third-order valence-corrected chi connectivity index (χ3v) is 2.89. The molecule has 20 heavy (non-hydrogen) atoms. The summed E-state index contributed by atoms with van der Waals surface area (Å²) in [6.07, 6.45) is 0. The molecule has 5 nitrogen and oxygen atoms in total. The van der Waals surface area contributed by atoms with Crippen LogP contribution in [0.25, 0.3) is 0 Å². The van der Waals surface area contributed by atoms with Gasteiger partial charge < -0.3 is 9.84 Å². The van der Waals surface area contributed by atoms with Crippen LogP contribution in [-0.2, 0) is 6.61 Å². The van der Waals surface area contributed by atoms with Crippen molar-refractivity contribution in [1.82, 2.24) is 0 Å². The third kappa shape index (κ3) is 2.87. The van der Waals surface area contributed by atoms with Crippen molar-refractivity contribution in [2.45, 2.75) is 6.61 Å². The average molecular weight is 298 g/mol. The summed E-state index contributed by atoms with van der Waals surface area (Å²) in [5.41, 5.74) is -0.249. The molecule has 0 unspecified atom stereocenters. The number of hydrogen-bond acceptors (Lipinski definition) is 4. The van der Waals surface area contributed by atoms with Crippen LogP contribution in [0.4, 0.5) is 10.1 Å². The summed E-state index contributed by atoms with van der Waals surface area (Å²) in [5, 5.41) is 20.0. The van der Waals surface area contributed by atoms with Crippen LogP contribution in [0, 0.1) is 15.9 Å². The molecule has 0 aliphatic heterocycles. The summed E-state index contributed by atoms with van der Waals surface area (Å²) in [6, 6.07) is 7.68. The van der Waals surface area contributed by atoms with Crippen LogP contribution in [0.15, 0.2) is 36.4 Å². The standard InChI is InChI=1S/C13H9ClFNO4/c14-10-5-4-8(16(18)19)6-13(10)20-12-3-1-2-11(15)9(12)7-17/h1-6,17H,7H2. The molecule has 0 bridgehead atoms. The molecule has 0 fully saturated rings. The first-order valence-corrected chi connectivity index (χ1v) is 5.90. The lowest BCUT2D eigenvalue weighted by molar-refractivity contribution is -0.384. The predicted molar refractivity (Wildman–Crippen MR) is 70.5 cm³/mol. The second-order valence-electron chi connectivity index (χ2n) is 3.85. The van der Waals surface area contributed by atoms with Crippen LogP contribution < -0.4 is 4.74 Å². The largest absolute Gasteiger partial charge is 0.455 e. The van der Waals surface area contributed by atoms with Crippen molar-refractivity contribution in [3.63, 3.8) is 0 Å². The van der Waals surface area contributed by atoms with Crippen molar-refractivity contribution in [1.29, 1.82) is 0 Å². The lowest BCUT2D eigenvalue weighted by Crippen LogP contribution is -1.96. The van der Waals surface area contributed by atoms with Crippen LogP contribution in [0.2, 0.25) is 5.02 Å². The Bertz CT molecular complexity index is 663. The number of ether oxygens (including phenoxy) is 1. The fraction of sp³-hybridized carbons (Fsp3) is 0.0769. The molecule has 2 aromatic carbocycles. The quantitative estimate of drug-likeness (QED) is 0.690. The maximum absolute atomic E-state index is 13.5. The lowest BCUT2D eigenvalue weighted by atomic mass is 10.2. The van der Waals surface area contributed by atoms with Gasteiger partial charge in [-0.3, -0.25) is 10.1 Å². The second-order valence-corrected chi connectivity index (χ2v) is 4.26. The maximum atomic E-state index is 13.5. The van der Waals surface area contributed by atoms with E-state index in [0.717, 1.165) is 6.07 Å². The van der Waals surface area contributed by atoms with E-state index in [1.807, 2.05) is 0 Å². The number of rotatable bonds is 4. The van der Waals surface area contributed by atoms with Crippen molar-refractivity contribution in [3.05, 3.63) is 62.9 Å². The second kappa shape index (κ2) is 5.85. The van der Waals surface area contributed by atoms with E-state index < -0.39 is 17.3 Å². The number of benzene rings is 2. The summed E-state index contributed by atoms with van der Waals surface area (Å²) >= 11 is 5.88. The van der Waals surface area contributed by atoms with Gasteiger partial charge in [-0.1, -0.05) is 17.7 Å². The van der Waals surface area contributed by atoms with E-state index in [2.05, 4.69) is 0 Å². The summed E-state index contributed by atoms with van der Waals surface area (Å²) in [4.78, 5) is 10.1. The highest BCUT2D eigenvalue weighted by molar-refractivity contribution is 6.32. The van der Waals surface area contributed by atoms with Gasteiger partial charge >= 0.3 is 0 Å². The van der Waals surface area contributed by atoms with Crippen LogP contribution in [0.3, 0.4) is 0 Å². The number of halogens is 2. The third-order valence-electron chi connectivity index (χ3n) is 2.58. The molecule has 0 heterocycles. The zero-order valence-corrected chi connectivity index (χ0v) is 10.8. The number of nitro groups is 1. The van der Waals surface area contributed by atoms with Crippen LogP contribution in [0.5, 0.6) is 11.5 Å². The van der Waals surface area contributed by atoms with Gasteiger partial charge in [0.1, 0.15) is 11.6 Å². The molecule has 0 saturated heterocycles. The number of aliphatic hydroxyl groups is 1. The van der Waals surface area contributed by atoms with Crippen LogP contribution in [0.1, 0.15) is 5.56 Å². The van der Waals surface area contributed by atoms with E-state index in [1.54, 1.807) is 0 Å². The van der Waals surface area contributed by atoms with Crippen molar-refractivity contribution >= 4 is 17.3 Å². The van der Waals surface area contributed by atoms with Gasteiger partial charge in [-0.25, -0.2) is 4.39 Å². The Morgan fingerprint density at radius 2 is 2.05 bits per heavy atom. The van der Waals surface area contributed by atoms with Crippen molar-refractivity contribution in [2.24, 2.45) is 0 Å². The molecule has 0 aromatic heterocycles. The average Bonchev–Trinajstić information content (AvgIpc) is 2.41. The Hall–Kier alpha value is -2.18. The summed E-state index contributed by atoms with van der Waals surface area (Å²) in [6.45, 7) is -0.561. The molecule has 2 rings (SSSR count). The summed E-state index contributed by atoms with van der Waals surface area (Å²) < 4.78 is 18.8. The van der Waals surface area contributed by atoms with Gasteiger partial charge in [-0.15, -0.1) is 0 Å². The normalized spacial score (nSPS) is 10.3. The van der Waals surface area contributed by atoms with E-state index in [4.69, 9.17) is 21.4 Å². The smallest absolute Gasteiger partial charge is 0.273 e. The summed E-state index contributed by atoms with van der Waals surface area (Å²) in [7, 11) is 0. The highest BCUT2D eigenvalue weighted by Gasteiger charge is 2.14. The number of non-ortho nitro benzene ring substituents is 1. The molecule has 0 saturated carbocycles. The topological polar surface area (TPSA) is 72.6 Å². The molecule has 0 atom stereocenters. The van der Waals surface area contributed by atoms with Crippen LogP contribution >= 0.6 is 11.6 Å². The number of aliphatic hydroxyl groups excluding tert-OH is 1. The van der Waals surface area contributed by atoms with Gasteiger partial charge in [0.2, 0.25) is 0 Å².